The van der Waals surface area contributed by atoms with Crippen LogP contribution in [0.1, 0.15) is 0 Å². The van der Waals surface area contributed by atoms with E-state index in [2.05, 4.69) is 16.2 Å². The third-order valence-corrected chi connectivity index (χ3v) is 2.83. The van der Waals surface area contributed by atoms with Crippen LogP contribution >= 0.6 is 0 Å². The van der Waals surface area contributed by atoms with Gasteiger partial charge in [-0.2, -0.15) is 0 Å². The highest BCUT2D eigenvalue weighted by Crippen LogP contribution is 2.31. The average molecular weight is 220 g/mol. The van der Waals surface area contributed by atoms with Gasteiger partial charge in [-0.05, 0) is 23.7 Å². The van der Waals surface area contributed by atoms with Gasteiger partial charge in [0.05, 0.1) is 5.69 Å². The highest BCUT2D eigenvalue weighted by molar-refractivity contribution is 5.88. The number of nitrogens with one attached hydrogen (secondary N) is 1. The van der Waals surface area contributed by atoms with Crippen LogP contribution in [-0.4, -0.2) is 4.98 Å². The van der Waals surface area contributed by atoms with Crippen LogP contribution in [0, 0.1) is 0 Å². The molecule has 0 aliphatic rings. The van der Waals surface area contributed by atoms with Crippen molar-refractivity contribution in [1.82, 2.24) is 10.5 Å². The van der Waals surface area contributed by atoms with Crippen LogP contribution in [0.25, 0.3) is 22.2 Å². The summed E-state index contributed by atoms with van der Waals surface area (Å²) < 4.78 is 0. The van der Waals surface area contributed by atoms with E-state index in [1.165, 1.54) is 0 Å². The van der Waals surface area contributed by atoms with Crippen LogP contribution in [0.3, 0.4) is 0 Å². The lowest BCUT2D eigenvalue weighted by atomic mass is 10.1. The molecule has 17 heavy (non-hydrogen) atoms. The number of H-pyrrole nitrogens is 1. The zero-order valence-corrected chi connectivity index (χ0v) is 9.09. The van der Waals surface area contributed by atoms with Crippen molar-refractivity contribution in [2.24, 2.45) is 5.11 Å². The van der Waals surface area contributed by atoms with Gasteiger partial charge in [-0.25, -0.2) is 0 Å². The molecule has 3 aromatic rings. The molecule has 1 N–H and O–H groups in total. The molecule has 0 aliphatic carbocycles. The molecule has 1 heterocycles. The van der Waals surface area contributed by atoms with Gasteiger partial charge < -0.3 is 4.98 Å². The Labute approximate surface area is 98.6 Å². The molecule has 81 valence electrons. The number of aromatic nitrogens is 1. The molecular weight excluding hydrogens is 210 g/mol. The maximum atomic E-state index is 8.97. The lowest BCUT2D eigenvalue weighted by Crippen LogP contribution is -1.77. The molecule has 0 unspecified atom stereocenters. The second-order valence-electron chi connectivity index (χ2n) is 3.89. The minimum atomic E-state index is 0.569. The molecule has 0 aliphatic heterocycles. The fraction of sp³-hybridized carbons (Fsp3) is 0. The Morgan fingerprint density at radius 1 is 0.941 bits per heavy atom. The SMILES string of the molecule is [N]=Nc1ccccc1-c1cc2ccccc2[nH]1. The number of para-hydroxylation sites is 1. The van der Waals surface area contributed by atoms with E-state index < -0.39 is 0 Å². The first-order chi connectivity index (χ1) is 8.38. The van der Waals surface area contributed by atoms with Gasteiger partial charge in [0.1, 0.15) is 0 Å². The third-order valence-electron chi connectivity index (χ3n) is 2.83. The summed E-state index contributed by atoms with van der Waals surface area (Å²) in [6.07, 6.45) is 0. The van der Waals surface area contributed by atoms with Gasteiger partial charge in [-0.1, -0.05) is 36.4 Å². The first-order valence-electron chi connectivity index (χ1n) is 5.41. The number of fused-ring (bicyclic) bond motifs is 1. The minimum absolute atomic E-state index is 0.569. The maximum Gasteiger partial charge on any atom is 0.0968 e. The zero-order chi connectivity index (χ0) is 11.7. The summed E-state index contributed by atoms with van der Waals surface area (Å²) >= 11 is 0. The molecule has 0 saturated carbocycles. The van der Waals surface area contributed by atoms with Crippen molar-refractivity contribution < 1.29 is 0 Å². The zero-order valence-electron chi connectivity index (χ0n) is 9.09. The molecule has 0 amide bonds. The quantitative estimate of drug-likeness (QED) is 0.640. The molecule has 0 saturated heterocycles. The molecular formula is C14H10N3. The van der Waals surface area contributed by atoms with Crippen molar-refractivity contribution in [3.63, 3.8) is 0 Å². The summed E-state index contributed by atoms with van der Waals surface area (Å²) in [6, 6.07) is 17.6. The summed E-state index contributed by atoms with van der Waals surface area (Å²) in [5.74, 6) is 0. The summed E-state index contributed by atoms with van der Waals surface area (Å²) in [5.41, 5.74) is 12.5. The number of hydrogen-bond acceptors (Lipinski definition) is 1. The second-order valence-corrected chi connectivity index (χ2v) is 3.89. The second kappa shape index (κ2) is 3.87. The minimum Gasteiger partial charge on any atom is -0.354 e. The predicted octanol–water partition coefficient (Wildman–Crippen LogP) is 3.72. The van der Waals surface area contributed by atoms with Gasteiger partial charge in [0.2, 0.25) is 0 Å². The fourth-order valence-corrected chi connectivity index (χ4v) is 2.01. The maximum absolute atomic E-state index is 8.97. The largest absolute Gasteiger partial charge is 0.354 e. The Balaban J connectivity index is 2.23. The van der Waals surface area contributed by atoms with E-state index in [0.29, 0.717) is 5.69 Å². The van der Waals surface area contributed by atoms with Gasteiger partial charge in [0.15, 0.2) is 0 Å². The van der Waals surface area contributed by atoms with E-state index in [-0.39, 0.29) is 0 Å². The van der Waals surface area contributed by atoms with Crippen molar-refractivity contribution in [3.8, 4) is 11.3 Å². The lowest BCUT2D eigenvalue weighted by molar-refractivity contribution is 1.29. The molecule has 0 fully saturated rings. The molecule has 0 bridgehead atoms. The van der Waals surface area contributed by atoms with E-state index in [9.17, 15) is 0 Å². The normalized spacial score (nSPS) is 10.6. The number of hydrogen-bond donors (Lipinski definition) is 1. The van der Waals surface area contributed by atoms with Crippen molar-refractivity contribution in [2.75, 3.05) is 0 Å². The van der Waals surface area contributed by atoms with Crippen LogP contribution in [0.4, 0.5) is 5.69 Å². The Morgan fingerprint density at radius 2 is 1.71 bits per heavy atom. The average Bonchev–Trinajstić information content (AvgIpc) is 2.82. The predicted molar refractivity (Wildman–Crippen MR) is 68.0 cm³/mol. The van der Waals surface area contributed by atoms with Gasteiger partial charge in [0.25, 0.3) is 0 Å². The smallest absolute Gasteiger partial charge is 0.0968 e. The van der Waals surface area contributed by atoms with E-state index in [1.807, 2.05) is 42.5 Å². The highest BCUT2D eigenvalue weighted by Gasteiger charge is 2.06. The van der Waals surface area contributed by atoms with Crippen molar-refractivity contribution in [2.45, 2.75) is 0 Å². The molecule has 2 aromatic carbocycles. The van der Waals surface area contributed by atoms with E-state index in [4.69, 9.17) is 5.53 Å². The Kier molecular flexibility index (Phi) is 2.22. The standard InChI is InChI=1S/C14H10N3/c15-17-13-8-4-2-6-11(13)14-9-10-5-1-3-7-12(10)16-14/h1-9,16H. The summed E-state index contributed by atoms with van der Waals surface area (Å²) in [7, 11) is 0. The molecule has 3 heteroatoms. The summed E-state index contributed by atoms with van der Waals surface area (Å²) in [5, 5.41) is 4.45. The molecule has 1 aromatic heterocycles. The third kappa shape index (κ3) is 1.61. The molecule has 0 spiro atoms. The van der Waals surface area contributed by atoms with E-state index >= 15 is 0 Å². The number of nitrogens with zero attached hydrogens (tertiary/aromatic N) is 2. The van der Waals surface area contributed by atoms with Gasteiger partial charge in [-0.15, -0.1) is 5.11 Å². The van der Waals surface area contributed by atoms with Crippen molar-refractivity contribution >= 4 is 16.6 Å². The van der Waals surface area contributed by atoms with Crippen LogP contribution in [0.2, 0.25) is 0 Å². The van der Waals surface area contributed by atoms with Gasteiger partial charge >= 0.3 is 0 Å². The van der Waals surface area contributed by atoms with Crippen molar-refractivity contribution in [1.29, 1.82) is 0 Å². The summed E-state index contributed by atoms with van der Waals surface area (Å²) in [6.45, 7) is 0. The monoisotopic (exact) mass is 220 g/mol. The van der Waals surface area contributed by atoms with Crippen molar-refractivity contribution in [3.05, 3.63) is 54.6 Å². The topological polar surface area (TPSA) is 50.4 Å². The number of aromatic amines is 1. The number of rotatable bonds is 2. The first kappa shape index (κ1) is 9.78. The highest BCUT2D eigenvalue weighted by atomic mass is 15.0. The summed E-state index contributed by atoms with van der Waals surface area (Å²) in [4.78, 5) is 3.32. The fourth-order valence-electron chi connectivity index (χ4n) is 2.01. The van der Waals surface area contributed by atoms with Gasteiger partial charge in [0, 0.05) is 22.2 Å². The van der Waals surface area contributed by atoms with Crippen LogP contribution in [0.5, 0.6) is 0 Å². The van der Waals surface area contributed by atoms with E-state index in [0.717, 1.165) is 22.2 Å². The Bertz CT molecular complexity index is 650. The van der Waals surface area contributed by atoms with Crippen LogP contribution < -0.4 is 5.53 Å². The molecule has 1 radical (unpaired) electrons. The van der Waals surface area contributed by atoms with Gasteiger partial charge in [-0.3, -0.25) is 0 Å². The molecule has 0 atom stereocenters. The molecule has 3 nitrogen and oxygen atoms in total. The Hall–Kier alpha value is -2.42. The Morgan fingerprint density at radius 3 is 2.53 bits per heavy atom. The molecule has 3 rings (SSSR count). The lowest BCUT2D eigenvalue weighted by Gasteiger charge is -2.00. The van der Waals surface area contributed by atoms with Crippen LogP contribution in [-0.2, 0) is 0 Å². The number of benzene rings is 2. The van der Waals surface area contributed by atoms with Crippen LogP contribution in [0.15, 0.2) is 59.7 Å². The first-order valence-corrected chi connectivity index (χ1v) is 5.41. The van der Waals surface area contributed by atoms with E-state index in [1.54, 1.807) is 6.07 Å².